The Hall–Kier alpha value is -0.420. The number of nitrogens with zero attached hydrogens (tertiary/aromatic N) is 2. The Bertz CT molecular complexity index is 170. The molecule has 0 aromatic rings. The number of carbonyl (C=O) groups is 1. The lowest BCUT2D eigenvalue weighted by Crippen LogP contribution is -2.48. The molecule has 1 rings (SSSR count). The molecular formula is C8H16N2O2S. The van der Waals surface area contributed by atoms with Gasteiger partial charge in [0, 0.05) is 32.1 Å². The molecule has 0 aliphatic carbocycles. The van der Waals surface area contributed by atoms with E-state index in [2.05, 4.69) is 17.5 Å². The second kappa shape index (κ2) is 5.34. The largest absolute Gasteiger partial charge is 0.450 e. The number of thiol groups is 1. The van der Waals surface area contributed by atoms with Crippen molar-refractivity contribution in [2.75, 3.05) is 38.7 Å². The van der Waals surface area contributed by atoms with Gasteiger partial charge < -0.3 is 9.64 Å². The monoisotopic (exact) mass is 204 g/mol. The van der Waals surface area contributed by atoms with Crippen molar-refractivity contribution in [2.45, 2.75) is 6.92 Å². The predicted molar refractivity (Wildman–Crippen MR) is 54.0 cm³/mol. The Balaban J connectivity index is 2.28. The standard InChI is InChI=1S/C8H16N2O2S/c1-2-12-8(11)10-5-3-9(7-13)4-6-10/h13H,2-7H2,1H3. The maximum Gasteiger partial charge on any atom is 0.409 e. The van der Waals surface area contributed by atoms with E-state index in [1.165, 1.54) is 0 Å². The van der Waals surface area contributed by atoms with Gasteiger partial charge in [-0.2, -0.15) is 12.6 Å². The molecule has 0 bridgehead atoms. The van der Waals surface area contributed by atoms with Gasteiger partial charge in [-0.25, -0.2) is 4.79 Å². The van der Waals surface area contributed by atoms with Crippen molar-refractivity contribution >= 4 is 18.7 Å². The molecule has 1 fully saturated rings. The zero-order valence-electron chi connectivity index (χ0n) is 7.90. The zero-order chi connectivity index (χ0) is 9.68. The molecule has 0 aromatic heterocycles. The summed E-state index contributed by atoms with van der Waals surface area (Å²) < 4.78 is 4.90. The summed E-state index contributed by atoms with van der Waals surface area (Å²) in [5.41, 5.74) is 0. The minimum Gasteiger partial charge on any atom is -0.450 e. The lowest BCUT2D eigenvalue weighted by Gasteiger charge is -2.32. The van der Waals surface area contributed by atoms with E-state index in [0.29, 0.717) is 6.61 Å². The fraction of sp³-hybridized carbons (Fsp3) is 0.875. The van der Waals surface area contributed by atoms with Crippen LogP contribution in [0.15, 0.2) is 0 Å². The second-order valence-corrected chi connectivity index (χ2v) is 3.23. The SMILES string of the molecule is CCOC(=O)N1CCN(CS)CC1. The summed E-state index contributed by atoms with van der Waals surface area (Å²) >= 11 is 4.18. The second-order valence-electron chi connectivity index (χ2n) is 2.95. The van der Waals surface area contributed by atoms with Crippen molar-refractivity contribution in [3.05, 3.63) is 0 Å². The van der Waals surface area contributed by atoms with E-state index in [1.807, 2.05) is 6.92 Å². The van der Waals surface area contributed by atoms with Crippen LogP contribution in [0.2, 0.25) is 0 Å². The molecule has 13 heavy (non-hydrogen) atoms. The van der Waals surface area contributed by atoms with Crippen LogP contribution in [-0.2, 0) is 4.74 Å². The molecule has 5 heteroatoms. The van der Waals surface area contributed by atoms with E-state index >= 15 is 0 Å². The molecule has 0 spiro atoms. The number of hydrogen-bond acceptors (Lipinski definition) is 4. The summed E-state index contributed by atoms with van der Waals surface area (Å²) in [5.74, 6) is 0.761. The maximum absolute atomic E-state index is 11.3. The highest BCUT2D eigenvalue weighted by Gasteiger charge is 2.20. The van der Waals surface area contributed by atoms with E-state index in [0.717, 1.165) is 32.1 Å². The molecule has 0 saturated carbocycles. The van der Waals surface area contributed by atoms with Gasteiger partial charge in [-0.3, -0.25) is 4.90 Å². The quantitative estimate of drug-likeness (QED) is 0.670. The van der Waals surface area contributed by atoms with Gasteiger partial charge in [-0.15, -0.1) is 0 Å². The molecule has 0 atom stereocenters. The van der Waals surface area contributed by atoms with E-state index < -0.39 is 0 Å². The first kappa shape index (κ1) is 10.7. The van der Waals surface area contributed by atoms with Gasteiger partial charge in [0.1, 0.15) is 0 Å². The minimum atomic E-state index is -0.193. The van der Waals surface area contributed by atoms with E-state index in [9.17, 15) is 4.79 Å². The van der Waals surface area contributed by atoms with Crippen LogP contribution in [0.1, 0.15) is 6.92 Å². The number of hydrogen-bond donors (Lipinski definition) is 1. The van der Waals surface area contributed by atoms with Crippen molar-refractivity contribution in [3.8, 4) is 0 Å². The van der Waals surface area contributed by atoms with Crippen molar-refractivity contribution in [1.82, 2.24) is 9.80 Å². The Kier molecular flexibility index (Phi) is 4.38. The third kappa shape index (κ3) is 3.08. The van der Waals surface area contributed by atoms with Gasteiger partial charge in [0.25, 0.3) is 0 Å². The molecule has 0 unspecified atom stereocenters. The number of rotatable bonds is 2. The van der Waals surface area contributed by atoms with E-state index in [1.54, 1.807) is 4.90 Å². The smallest absolute Gasteiger partial charge is 0.409 e. The van der Waals surface area contributed by atoms with Crippen LogP contribution >= 0.6 is 12.6 Å². The molecule has 1 saturated heterocycles. The highest BCUT2D eigenvalue weighted by Crippen LogP contribution is 2.03. The zero-order valence-corrected chi connectivity index (χ0v) is 8.80. The third-order valence-electron chi connectivity index (χ3n) is 2.10. The molecule has 1 heterocycles. The Morgan fingerprint density at radius 3 is 2.46 bits per heavy atom. The fourth-order valence-corrected chi connectivity index (χ4v) is 1.57. The molecule has 0 N–H and O–H groups in total. The highest BCUT2D eigenvalue weighted by molar-refractivity contribution is 7.80. The first-order valence-corrected chi connectivity index (χ1v) is 5.16. The van der Waals surface area contributed by atoms with Crippen LogP contribution in [0.4, 0.5) is 4.79 Å². The Morgan fingerprint density at radius 2 is 2.00 bits per heavy atom. The van der Waals surface area contributed by atoms with Crippen LogP contribution in [0.5, 0.6) is 0 Å². The van der Waals surface area contributed by atoms with Gasteiger partial charge in [0.15, 0.2) is 0 Å². The van der Waals surface area contributed by atoms with Crippen LogP contribution in [-0.4, -0.2) is 54.6 Å². The highest BCUT2D eigenvalue weighted by atomic mass is 32.1. The summed E-state index contributed by atoms with van der Waals surface area (Å²) in [7, 11) is 0. The van der Waals surface area contributed by atoms with E-state index in [-0.39, 0.29) is 6.09 Å². The average Bonchev–Trinajstić information content (AvgIpc) is 2.18. The lowest BCUT2D eigenvalue weighted by atomic mass is 10.3. The van der Waals surface area contributed by atoms with Gasteiger partial charge in [0.05, 0.1) is 6.61 Å². The molecule has 76 valence electrons. The topological polar surface area (TPSA) is 32.8 Å². The van der Waals surface area contributed by atoms with Gasteiger partial charge in [-0.1, -0.05) is 0 Å². The normalized spacial score (nSPS) is 18.8. The molecule has 0 aromatic carbocycles. The molecule has 0 radical (unpaired) electrons. The summed E-state index contributed by atoms with van der Waals surface area (Å²) in [6, 6.07) is 0. The maximum atomic E-state index is 11.3. The number of amides is 1. The third-order valence-corrected chi connectivity index (χ3v) is 2.50. The predicted octanol–water partition coefficient (Wildman–Crippen LogP) is 0.648. The fourth-order valence-electron chi connectivity index (χ4n) is 1.29. The van der Waals surface area contributed by atoms with Crippen molar-refractivity contribution in [3.63, 3.8) is 0 Å². The summed E-state index contributed by atoms with van der Waals surface area (Å²) in [4.78, 5) is 15.2. The molecule has 1 aliphatic heterocycles. The number of carbonyl (C=O) groups excluding carboxylic acids is 1. The minimum absolute atomic E-state index is 0.193. The van der Waals surface area contributed by atoms with Crippen LogP contribution in [0.3, 0.4) is 0 Å². The Labute approximate surface area is 84.2 Å². The number of piperazine rings is 1. The molecule has 1 aliphatic rings. The summed E-state index contributed by atoms with van der Waals surface area (Å²) in [5, 5.41) is 0. The summed E-state index contributed by atoms with van der Waals surface area (Å²) in [6.07, 6.45) is -0.193. The van der Waals surface area contributed by atoms with Crippen LogP contribution < -0.4 is 0 Å². The van der Waals surface area contributed by atoms with Crippen LogP contribution in [0.25, 0.3) is 0 Å². The average molecular weight is 204 g/mol. The first-order chi connectivity index (χ1) is 6.27. The molecule has 4 nitrogen and oxygen atoms in total. The Morgan fingerprint density at radius 1 is 1.38 bits per heavy atom. The van der Waals surface area contributed by atoms with E-state index in [4.69, 9.17) is 4.74 Å². The first-order valence-electron chi connectivity index (χ1n) is 4.53. The molecular weight excluding hydrogens is 188 g/mol. The van der Waals surface area contributed by atoms with Crippen molar-refractivity contribution in [1.29, 1.82) is 0 Å². The van der Waals surface area contributed by atoms with Gasteiger partial charge >= 0.3 is 6.09 Å². The number of ether oxygens (including phenoxy) is 1. The van der Waals surface area contributed by atoms with Gasteiger partial charge in [0.2, 0.25) is 0 Å². The lowest BCUT2D eigenvalue weighted by molar-refractivity contribution is 0.0844. The van der Waals surface area contributed by atoms with Gasteiger partial charge in [-0.05, 0) is 6.92 Å². The van der Waals surface area contributed by atoms with Crippen molar-refractivity contribution < 1.29 is 9.53 Å². The summed E-state index contributed by atoms with van der Waals surface area (Å²) in [6.45, 7) is 5.55. The molecule has 1 amide bonds. The van der Waals surface area contributed by atoms with Crippen molar-refractivity contribution in [2.24, 2.45) is 0 Å². The van der Waals surface area contributed by atoms with Crippen LogP contribution in [0, 0.1) is 0 Å².